The Morgan fingerprint density at radius 1 is 1.03 bits per heavy atom. The molecule has 29 heavy (non-hydrogen) atoms. The third-order valence-electron chi connectivity index (χ3n) is 6.76. The first-order chi connectivity index (χ1) is 13.9. The first kappa shape index (κ1) is 18.6. The Kier molecular flexibility index (Phi) is 4.17. The van der Waals surface area contributed by atoms with Crippen molar-refractivity contribution < 1.29 is 18.0 Å². The Labute approximate surface area is 170 Å². The van der Waals surface area contributed by atoms with Crippen LogP contribution in [0.3, 0.4) is 0 Å². The van der Waals surface area contributed by atoms with E-state index in [1.54, 1.807) is 0 Å². The number of carbonyl (C=O) groups excluding carboxylic acids is 2. The van der Waals surface area contributed by atoms with Crippen LogP contribution in [-0.4, -0.2) is 30.2 Å². The SMILES string of the molecule is CS(=O)(=O)n1cc(-c2ccccc2)c2c1C1CC=C3CCCCC3C1C(=O)C2=O. The van der Waals surface area contributed by atoms with Crippen LogP contribution in [0.4, 0.5) is 0 Å². The van der Waals surface area contributed by atoms with Crippen LogP contribution in [0.2, 0.25) is 0 Å². The van der Waals surface area contributed by atoms with Crippen molar-refractivity contribution in [1.29, 1.82) is 0 Å². The fourth-order valence-corrected chi connectivity index (χ4v) is 6.43. The van der Waals surface area contributed by atoms with Gasteiger partial charge in [-0.2, -0.15) is 0 Å². The highest BCUT2D eigenvalue weighted by Crippen LogP contribution is 2.52. The molecule has 5 nitrogen and oxygen atoms in total. The average Bonchev–Trinajstić information content (AvgIpc) is 3.13. The van der Waals surface area contributed by atoms with Gasteiger partial charge in [0.2, 0.25) is 21.6 Å². The van der Waals surface area contributed by atoms with Gasteiger partial charge in [0.25, 0.3) is 0 Å². The highest BCUT2D eigenvalue weighted by atomic mass is 32.2. The van der Waals surface area contributed by atoms with Gasteiger partial charge in [0, 0.05) is 29.3 Å². The number of Topliss-reactive ketones (excluding diaryl/α,β-unsaturated/α-hetero) is 2. The molecule has 0 spiro atoms. The molecule has 3 unspecified atom stereocenters. The molecule has 0 saturated heterocycles. The van der Waals surface area contributed by atoms with E-state index in [0.29, 0.717) is 17.7 Å². The Hall–Kier alpha value is -2.47. The van der Waals surface area contributed by atoms with Crippen molar-refractivity contribution in [1.82, 2.24) is 3.97 Å². The van der Waals surface area contributed by atoms with Crippen molar-refractivity contribution in [2.45, 2.75) is 38.0 Å². The van der Waals surface area contributed by atoms with Crippen molar-refractivity contribution in [2.24, 2.45) is 11.8 Å². The van der Waals surface area contributed by atoms with Crippen molar-refractivity contribution in [3.63, 3.8) is 0 Å². The summed E-state index contributed by atoms with van der Waals surface area (Å²) in [5.41, 5.74) is 3.34. The highest BCUT2D eigenvalue weighted by molar-refractivity contribution is 7.89. The van der Waals surface area contributed by atoms with Gasteiger partial charge < -0.3 is 0 Å². The average molecular weight is 410 g/mol. The lowest BCUT2D eigenvalue weighted by molar-refractivity contribution is -0.121. The minimum Gasteiger partial charge on any atom is -0.290 e. The molecule has 3 aliphatic rings. The van der Waals surface area contributed by atoms with Crippen LogP contribution < -0.4 is 0 Å². The molecule has 1 aromatic carbocycles. The molecule has 3 atom stereocenters. The summed E-state index contributed by atoms with van der Waals surface area (Å²) >= 11 is 0. The van der Waals surface area contributed by atoms with Crippen molar-refractivity contribution in [2.75, 3.05) is 6.26 Å². The minimum absolute atomic E-state index is 0.0650. The lowest BCUT2D eigenvalue weighted by Gasteiger charge is -2.42. The van der Waals surface area contributed by atoms with Crippen LogP contribution in [0.25, 0.3) is 11.1 Å². The summed E-state index contributed by atoms with van der Waals surface area (Å²) in [6.07, 6.45) is 9.52. The van der Waals surface area contributed by atoms with Crippen LogP contribution in [-0.2, 0) is 14.8 Å². The van der Waals surface area contributed by atoms with E-state index in [4.69, 9.17) is 0 Å². The molecular weight excluding hydrogens is 386 g/mol. The zero-order chi connectivity index (χ0) is 20.3. The molecular formula is C23H23NO4S. The fraction of sp³-hybridized carbons (Fsp3) is 0.391. The molecule has 0 aliphatic heterocycles. The molecule has 3 aliphatic carbocycles. The number of benzene rings is 1. The second-order valence-electron chi connectivity index (χ2n) is 8.42. The van der Waals surface area contributed by atoms with Gasteiger partial charge in [0.15, 0.2) is 0 Å². The number of hydrogen-bond donors (Lipinski definition) is 0. The van der Waals surface area contributed by atoms with Crippen LogP contribution in [0, 0.1) is 11.8 Å². The summed E-state index contributed by atoms with van der Waals surface area (Å²) in [5, 5.41) is 0. The first-order valence-corrected chi connectivity index (χ1v) is 12.0. The molecule has 0 amide bonds. The number of ketones is 2. The fourth-order valence-electron chi connectivity index (χ4n) is 5.55. The highest BCUT2D eigenvalue weighted by Gasteiger charge is 2.50. The Morgan fingerprint density at radius 3 is 2.52 bits per heavy atom. The van der Waals surface area contributed by atoms with E-state index < -0.39 is 21.7 Å². The summed E-state index contributed by atoms with van der Waals surface area (Å²) in [7, 11) is -3.62. The van der Waals surface area contributed by atoms with Crippen LogP contribution in [0.15, 0.2) is 48.2 Å². The number of allylic oxidation sites excluding steroid dienone is 2. The second-order valence-corrected chi connectivity index (χ2v) is 10.3. The molecule has 1 aromatic heterocycles. The standard InChI is InChI=1S/C23H23NO4S/c1-29(27,28)24-13-18(14-7-3-2-4-8-14)20-21(24)17-12-11-15-9-5-6-10-16(15)19(17)22(25)23(20)26/h2-4,7-8,11,13,16-17,19H,5-6,9-10,12H2,1H3. The van der Waals surface area contributed by atoms with Gasteiger partial charge in [-0.3, -0.25) is 9.59 Å². The molecule has 0 N–H and O–H groups in total. The first-order valence-electron chi connectivity index (χ1n) is 10.2. The maximum Gasteiger partial charge on any atom is 0.235 e. The topological polar surface area (TPSA) is 73.2 Å². The van der Waals surface area contributed by atoms with Crippen molar-refractivity contribution >= 4 is 21.6 Å². The third-order valence-corrected chi connectivity index (χ3v) is 7.78. The van der Waals surface area contributed by atoms with Gasteiger partial charge in [0.1, 0.15) is 0 Å². The predicted molar refractivity (Wildman–Crippen MR) is 110 cm³/mol. The third kappa shape index (κ3) is 2.76. The van der Waals surface area contributed by atoms with E-state index >= 15 is 0 Å². The van der Waals surface area contributed by atoms with E-state index in [1.165, 1.54) is 15.7 Å². The van der Waals surface area contributed by atoms with E-state index in [9.17, 15) is 18.0 Å². The van der Waals surface area contributed by atoms with Gasteiger partial charge >= 0.3 is 0 Å². The Morgan fingerprint density at radius 2 is 1.79 bits per heavy atom. The second kappa shape index (κ2) is 6.52. The van der Waals surface area contributed by atoms with Crippen LogP contribution in [0.1, 0.15) is 54.1 Å². The number of carbonyl (C=O) groups is 2. The van der Waals surface area contributed by atoms with Crippen molar-refractivity contribution in [3.05, 3.63) is 59.4 Å². The van der Waals surface area contributed by atoms with Gasteiger partial charge in [-0.15, -0.1) is 0 Å². The summed E-state index contributed by atoms with van der Waals surface area (Å²) in [6.45, 7) is 0. The summed E-state index contributed by atoms with van der Waals surface area (Å²) < 4.78 is 26.6. The summed E-state index contributed by atoms with van der Waals surface area (Å²) in [5.74, 6) is -1.52. The molecule has 2 aromatic rings. The molecule has 0 radical (unpaired) electrons. The maximum absolute atomic E-state index is 13.3. The van der Waals surface area contributed by atoms with Crippen LogP contribution in [0.5, 0.6) is 0 Å². The molecule has 0 bridgehead atoms. The smallest absolute Gasteiger partial charge is 0.235 e. The molecule has 150 valence electrons. The predicted octanol–water partition coefficient (Wildman–Crippen LogP) is 3.95. The number of nitrogens with zero attached hydrogens (tertiary/aromatic N) is 1. The van der Waals surface area contributed by atoms with Gasteiger partial charge in [0.05, 0.1) is 11.8 Å². The lowest BCUT2D eigenvalue weighted by Crippen LogP contribution is -2.43. The number of fused-ring (bicyclic) bond motifs is 5. The number of rotatable bonds is 2. The zero-order valence-electron chi connectivity index (χ0n) is 16.3. The van der Waals surface area contributed by atoms with Gasteiger partial charge in [-0.25, -0.2) is 12.4 Å². The van der Waals surface area contributed by atoms with E-state index in [2.05, 4.69) is 6.08 Å². The lowest BCUT2D eigenvalue weighted by atomic mass is 9.61. The van der Waals surface area contributed by atoms with Crippen LogP contribution >= 0.6 is 0 Å². The van der Waals surface area contributed by atoms with Gasteiger partial charge in [-0.1, -0.05) is 48.4 Å². The van der Waals surface area contributed by atoms with E-state index in [0.717, 1.165) is 37.5 Å². The van der Waals surface area contributed by atoms with E-state index in [-0.39, 0.29) is 23.2 Å². The molecule has 1 saturated carbocycles. The van der Waals surface area contributed by atoms with E-state index in [1.807, 2.05) is 30.3 Å². The summed E-state index contributed by atoms with van der Waals surface area (Å²) in [4.78, 5) is 26.6. The molecule has 6 heteroatoms. The quantitative estimate of drug-likeness (QED) is 0.556. The molecule has 1 heterocycles. The Balaban J connectivity index is 1.78. The largest absolute Gasteiger partial charge is 0.290 e. The number of aromatic nitrogens is 1. The summed E-state index contributed by atoms with van der Waals surface area (Å²) in [6, 6.07) is 9.23. The number of hydrogen-bond acceptors (Lipinski definition) is 4. The zero-order valence-corrected chi connectivity index (χ0v) is 17.1. The Bertz CT molecular complexity index is 1160. The monoisotopic (exact) mass is 409 g/mol. The van der Waals surface area contributed by atoms with Gasteiger partial charge in [-0.05, 0) is 37.2 Å². The molecule has 1 fully saturated rings. The maximum atomic E-state index is 13.3. The van der Waals surface area contributed by atoms with Crippen molar-refractivity contribution in [3.8, 4) is 11.1 Å². The molecule has 5 rings (SSSR count). The minimum atomic E-state index is -3.62. The normalized spacial score (nSPS) is 26.4.